The summed E-state index contributed by atoms with van der Waals surface area (Å²) >= 11 is 5.92. The van der Waals surface area contributed by atoms with E-state index in [1.807, 2.05) is 24.3 Å². The third-order valence-corrected chi connectivity index (χ3v) is 5.92. The molecule has 0 saturated heterocycles. The Hall–Kier alpha value is -0.620. The molecule has 6 heteroatoms. The van der Waals surface area contributed by atoms with Crippen LogP contribution in [0.15, 0.2) is 24.3 Å². The van der Waals surface area contributed by atoms with Crippen LogP contribution in [0.25, 0.3) is 0 Å². The van der Waals surface area contributed by atoms with Crippen molar-refractivity contribution in [3.63, 3.8) is 0 Å². The molecule has 0 aliphatic heterocycles. The van der Waals surface area contributed by atoms with Crippen LogP contribution in [0.5, 0.6) is 0 Å². The van der Waals surface area contributed by atoms with Gasteiger partial charge in [0.25, 0.3) is 10.2 Å². The molecule has 2 rings (SSSR count). The van der Waals surface area contributed by atoms with E-state index in [4.69, 9.17) is 11.6 Å². The van der Waals surface area contributed by atoms with Crippen molar-refractivity contribution in [3.05, 3.63) is 34.9 Å². The summed E-state index contributed by atoms with van der Waals surface area (Å²) in [4.78, 5) is 0. The number of hydrogen-bond acceptors (Lipinski definition) is 2. The molecule has 0 bridgehead atoms. The first kappa shape index (κ1) is 16.7. The maximum atomic E-state index is 12.3. The van der Waals surface area contributed by atoms with Crippen molar-refractivity contribution >= 4 is 21.8 Å². The molecule has 1 aliphatic carbocycles. The zero-order valence-corrected chi connectivity index (χ0v) is 14.0. The Morgan fingerprint density at radius 3 is 2.67 bits per heavy atom. The molecule has 1 aromatic carbocycles. The smallest absolute Gasteiger partial charge is 0.202 e. The molecule has 0 atom stereocenters. The molecule has 0 unspecified atom stereocenters. The summed E-state index contributed by atoms with van der Waals surface area (Å²) < 4.78 is 28.7. The number of halogens is 1. The van der Waals surface area contributed by atoms with Gasteiger partial charge in [-0.2, -0.15) is 12.7 Å². The monoisotopic (exact) mass is 330 g/mol. The van der Waals surface area contributed by atoms with E-state index in [0.717, 1.165) is 31.2 Å². The predicted octanol–water partition coefficient (Wildman–Crippen LogP) is 2.98. The van der Waals surface area contributed by atoms with Crippen LogP contribution in [0.3, 0.4) is 0 Å². The molecule has 0 heterocycles. The van der Waals surface area contributed by atoms with Crippen molar-refractivity contribution in [1.82, 2.24) is 9.03 Å². The highest BCUT2D eigenvalue weighted by atomic mass is 35.5. The minimum Gasteiger partial charge on any atom is -0.202 e. The Balaban J connectivity index is 1.85. The molecule has 1 aliphatic rings. The van der Waals surface area contributed by atoms with Crippen LogP contribution >= 0.6 is 11.6 Å². The van der Waals surface area contributed by atoms with E-state index in [-0.39, 0.29) is 6.04 Å². The van der Waals surface area contributed by atoms with E-state index < -0.39 is 10.2 Å². The van der Waals surface area contributed by atoms with Crippen LogP contribution in [0, 0.1) is 0 Å². The van der Waals surface area contributed by atoms with Crippen LogP contribution in [-0.2, 0) is 16.6 Å². The summed E-state index contributed by atoms with van der Waals surface area (Å²) in [7, 11) is -1.71. The van der Waals surface area contributed by atoms with Crippen LogP contribution < -0.4 is 4.72 Å². The summed E-state index contributed by atoms with van der Waals surface area (Å²) in [6, 6.07) is 7.64. The van der Waals surface area contributed by atoms with Crippen molar-refractivity contribution in [3.8, 4) is 0 Å². The van der Waals surface area contributed by atoms with Gasteiger partial charge in [-0.15, -0.1) is 0 Å². The summed E-state index contributed by atoms with van der Waals surface area (Å²) in [6.45, 7) is 0.389. The zero-order valence-electron chi connectivity index (χ0n) is 12.4. The first-order valence-electron chi connectivity index (χ1n) is 7.46. The van der Waals surface area contributed by atoms with Crippen LogP contribution in [0.2, 0.25) is 5.02 Å². The molecule has 0 amide bonds. The summed E-state index contributed by atoms with van der Waals surface area (Å²) in [5.74, 6) is 0. The highest BCUT2D eigenvalue weighted by Gasteiger charge is 2.26. The van der Waals surface area contributed by atoms with Gasteiger partial charge in [0.15, 0.2) is 0 Å². The van der Waals surface area contributed by atoms with Crippen molar-refractivity contribution < 1.29 is 8.42 Å². The van der Waals surface area contributed by atoms with Crippen LogP contribution in [0.4, 0.5) is 0 Å². The van der Waals surface area contributed by atoms with Crippen molar-refractivity contribution in [2.75, 3.05) is 13.6 Å². The maximum absolute atomic E-state index is 12.3. The molecular formula is C15H23ClN2O2S. The minimum absolute atomic E-state index is 0.141. The molecule has 0 spiro atoms. The second kappa shape index (κ2) is 7.58. The molecule has 118 valence electrons. The third kappa shape index (κ3) is 4.95. The highest BCUT2D eigenvalue weighted by molar-refractivity contribution is 7.87. The quantitative estimate of drug-likeness (QED) is 0.871. The zero-order chi connectivity index (χ0) is 15.3. The standard InChI is InChI=1S/C15H23ClN2O2S/c1-18(15-8-3-2-4-9-15)21(19,20)17-11-10-13-6-5-7-14(16)12-13/h5-7,12,15,17H,2-4,8-11H2,1H3. The highest BCUT2D eigenvalue weighted by Crippen LogP contribution is 2.23. The molecule has 0 aromatic heterocycles. The molecule has 1 fully saturated rings. The number of rotatable bonds is 6. The van der Waals surface area contributed by atoms with Crippen LogP contribution in [-0.4, -0.2) is 32.4 Å². The molecule has 0 radical (unpaired) electrons. The van der Waals surface area contributed by atoms with E-state index in [9.17, 15) is 8.42 Å². The molecule has 4 nitrogen and oxygen atoms in total. The summed E-state index contributed by atoms with van der Waals surface area (Å²) in [5.41, 5.74) is 1.03. The SMILES string of the molecule is CN(C1CCCCC1)S(=O)(=O)NCCc1cccc(Cl)c1. The minimum atomic E-state index is -3.39. The first-order chi connectivity index (χ1) is 9.99. The van der Waals surface area contributed by atoms with Gasteiger partial charge in [0, 0.05) is 24.7 Å². The number of nitrogens with zero attached hydrogens (tertiary/aromatic N) is 1. The van der Waals surface area contributed by atoms with Crippen molar-refractivity contribution in [2.45, 2.75) is 44.6 Å². The van der Waals surface area contributed by atoms with E-state index in [1.165, 1.54) is 10.7 Å². The molecule has 1 N–H and O–H groups in total. The molecular weight excluding hydrogens is 308 g/mol. The van der Waals surface area contributed by atoms with Gasteiger partial charge in [-0.25, -0.2) is 4.72 Å². The van der Waals surface area contributed by atoms with E-state index in [1.54, 1.807) is 7.05 Å². The fraction of sp³-hybridized carbons (Fsp3) is 0.600. The Kier molecular flexibility index (Phi) is 6.05. The lowest BCUT2D eigenvalue weighted by atomic mass is 9.96. The second-order valence-electron chi connectivity index (χ2n) is 5.59. The summed E-state index contributed by atoms with van der Waals surface area (Å²) in [6.07, 6.45) is 6.02. The number of hydrogen-bond donors (Lipinski definition) is 1. The first-order valence-corrected chi connectivity index (χ1v) is 9.28. The van der Waals surface area contributed by atoms with Crippen molar-refractivity contribution in [2.24, 2.45) is 0 Å². The van der Waals surface area contributed by atoms with E-state index in [0.29, 0.717) is 18.0 Å². The second-order valence-corrected chi connectivity index (χ2v) is 7.84. The van der Waals surface area contributed by atoms with Gasteiger partial charge in [0.05, 0.1) is 0 Å². The lowest BCUT2D eigenvalue weighted by molar-refractivity contribution is 0.283. The van der Waals surface area contributed by atoms with Gasteiger partial charge in [-0.05, 0) is 37.0 Å². The number of nitrogens with one attached hydrogen (secondary N) is 1. The maximum Gasteiger partial charge on any atom is 0.279 e. The predicted molar refractivity (Wildman–Crippen MR) is 86.7 cm³/mol. The Morgan fingerprint density at radius 1 is 1.29 bits per heavy atom. The van der Waals surface area contributed by atoms with Gasteiger partial charge in [0.2, 0.25) is 0 Å². The lowest BCUT2D eigenvalue weighted by Crippen LogP contribution is -2.45. The third-order valence-electron chi connectivity index (χ3n) is 4.06. The van der Waals surface area contributed by atoms with Crippen LogP contribution in [0.1, 0.15) is 37.7 Å². The van der Waals surface area contributed by atoms with Gasteiger partial charge in [0.1, 0.15) is 0 Å². The Bertz CT molecular complexity index is 557. The number of benzene rings is 1. The molecule has 21 heavy (non-hydrogen) atoms. The molecule has 1 aromatic rings. The Morgan fingerprint density at radius 2 is 2.00 bits per heavy atom. The lowest BCUT2D eigenvalue weighted by Gasteiger charge is -2.30. The van der Waals surface area contributed by atoms with Gasteiger partial charge in [-0.1, -0.05) is 43.0 Å². The molecule has 1 saturated carbocycles. The largest absolute Gasteiger partial charge is 0.279 e. The van der Waals surface area contributed by atoms with E-state index in [2.05, 4.69) is 4.72 Å². The summed E-state index contributed by atoms with van der Waals surface area (Å²) in [5, 5.41) is 0.676. The van der Waals surface area contributed by atoms with E-state index >= 15 is 0 Å². The van der Waals surface area contributed by atoms with Gasteiger partial charge in [-0.3, -0.25) is 0 Å². The normalized spacial score (nSPS) is 17.3. The average molecular weight is 331 g/mol. The van der Waals surface area contributed by atoms with Crippen molar-refractivity contribution in [1.29, 1.82) is 0 Å². The van der Waals surface area contributed by atoms with Gasteiger partial charge < -0.3 is 0 Å². The fourth-order valence-electron chi connectivity index (χ4n) is 2.76. The average Bonchev–Trinajstić information content (AvgIpc) is 2.47. The van der Waals surface area contributed by atoms with Gasteiger partial charge >= 0.3 is 0 Å². The Labute approximate surface area is 132 Å². The fourth-order valence-corrected chi connectivity index (χ4v) is 4.14. The topological polar surface area (TPSA) is 49.4 Å².